The number of para-hydroxylation sites is 4. The third kappa shape index (κ3) is 3.85. The first-order valence-electron chi connectivity index (χ1n) is 16.8. The molecule has 0 N–H and O–H groups in total. The van der Waals surface area contributed by atoms with Crippen LogP contribution in [-0.4, -0.2) is 27.0 Å². The zero-order valence-corrected chi connectivity index (χ0v) is 27.2. The van der Waals surface area contributed by atoms with E-state index in [9.17, 15) is 5.26 Å². The van der Waals surface area contributed by atoms with Crippen molar-refractivity contribution in [3.8, 4) is 23.1 Å². The minimum absolute atomic E-state index is 0.640. The van der Waals surface area contributed by atoms with Crippen LogP contribution in [0.4, 0.5) is 0 Å². The normalized spacial score (nSPS) is 12.0. The lowest BCUT2D eigenvalue weighted by molar-refractivity contribution is 1.16. The van der Waals surface area contributed by atoms with E-state index in [1.807, 2.05) is 37.5 Å². The van der Waals surface area contributed by atoms with Crippen molar-refractivity contribution >= 4 is 71.6 Å². The molecule has 7 aromatic carbocycles. The van der Waals surface area contributed by atoms with Crippen molar-refractivity contribution in [2.24, 2.45) is 4.99 Å². The summed E-state index contributed by atoms with van der Waals surface area (Å²) in [6.45, 7) is 0. The summed E-state index contributed by atoms with van der Waals surface area (Å²) >= 11 is 0. The maximum Gasteiger partial charge on any atom is 0.101 e. The van der Waals surface area contributed by atoms with E-state index in [-0.39, 0.29) is 0 Å². The third-order valence-corrected chi connectivity index (χ3v) is 10.0. The molecule has 10 aromatic rings. The molecule has 0 radical (unpaired) electrons. The zero-order valence-electron chi connectivity index (χ0n) is 27.2. The predicted molar refractivity (Wildman–Crippen MR) is 208 cm³/mol. The summed E-state index contributed by atoms with van der Waals surface area (Å²) in [5.74, 6) is 0. The van der Waals surface area contributed by atoms with Gasteiger partial charge in [-0.15, -0.1) is 0 Å². The Kier molecular flexibility index (Phi) is 6.09. The van der Waals surface area contributed by atoms with Crippen LogP contribution in [0.3, 0.4) is 0 Å². The van der Waals surface area contributed by atoms with Crippen molar-refractivity contribution in [1.29, 1.82) is 5.26 Å². The molecule has 0 bridgehead atoms. The van der Waals surface area contributed by atoms with Gasteiger partial charge in [-0.25, -0.2) is 0 Å². The van der Waals surface area contributed by atoms with Crippen LogP contribution in [0.15, 0.2) is 157 Å². The number of hydrogen-bond donors (Lipinski definition) is 0. The number of rotatable bonds is 4. The second-order valence-corrected chi connectivity index (χ2v) is 12.7. The first-order chi connectivity index (χ1) is 24.8. The predicted octanol–water partition coefficient (Wildman–Crippen LogP) is 10.9. The average Bonchev–Trinajstić information content (AvgIpc) is 3.81. The fourth-order valence-electron chi connectivity index (χ4n) is 8.11. The van der Waals surface area contributed by atoms with Gasteiger partial charge in [-0.2, -0.15) is 5.26 Å². The number of aromatic nitrogens is 3. The molecule has 10 rings (SSSR count). The van der Waals surface area contributed by atoms with Gasteiger partial charge in [0.2, 0.25) is 0 Å². The summed E-state index contributed by atoms with van der Waals surface area (Å²) in [7, 11) is 1.82. The summed E-state index contributed by atoms with van der Waals surface area (Å²) in [6, 6.07) is 55.9. The average molecular weight is 640 g/mol. The van der Waals surface area contributed by atoms with E-state index < -0.39 is 0 Å². The van der Waals surface area contributed by atoms with Crippen molar-refractivity contribution in [2.45, 2.75) is 0 Å². The highest BCUT2D eigenvalue weighted by Gasteiger charge is 2.25. The number of hydrogen-bond acceptors (Lipinski definition) is 2. The molecule has 0 atom stereocenters. The Morgan fingerprint density at radius 1 is 0.500 bits per heavy atom. The van der Waals surface area contributed by atoms with E-state index in [1.165, 1.54) is 21.5 Å². The Hall–Kier alpha value is -6.90. The zero-order chi connectivity index (χ0) is 33.3. The Balaban J connectivity index is 1.47. The van der Waals surface area contributed by atoms with Crippen LogP contribution in [0.1, 0.15) is 11.1 Å². The van der Waals surface area contributed by atoms with Crippen LogP contribution in [0.2, 0.25) is 0 Å². The van der Waals surface area contributed by atoms with Crippen molar-refractivity contribution < 1.29 is 0 Å². The van der Waals surface area contributed by atoms with Crippen molar-refractivity contribution in [2.75, 3.05) is 7.05 Å². The smallest absolute Gasteiger partial charge is 0.101 e. The lowest BCUT2D eigenvalue weighted by Crippen LogP contribution is -1.97. The van der Waals surface area contributed by atoms with E-state index in [0.717, 1.165) is 66.5 Å². The molecule has 3 heterocycles. The Morgan fingerprint density at radius 3 is 1.76 bits per heavy atom. The molecule has 0 amide bonds. The lowest BCUT2D eigenvalue weighted by atomic mass is 10.0. The van der Waals surface area contributed by atoms with Gasteiger partial charge < -0.3 is 13.7 Å². The topological polar surface area (TPSA) is 50.9 Å². The van der Waals surface area contributed by atoms with Gasteiger partial charge in [-0.1, -0.05) is 84.9 Å². The van der Waals surface area contributed by atoms with E-state index >= 15 is 0 Å². The monoisotopic (exact) mass is 639 g/mol. The van der Waals surface area contributed by atoms with Gasteiger partial charge >= 0.3 is 0 Å². The first-order valence-corrected chi connectivity index (χ1v) is 16.8. The summed E-state index contributed by atoms with van der Waals surface area (Å²) in [5, 5.41) is 17.2. The second-order valence-electron chi connectivity index (χ2n) is 12.7. The van der Waals surface area contributed by atoms with Crippen molar-refractivity contribution in [3.05, 3.63) is 163 Å². The molecular formula is C45H29N5. The van der Waals surface area contributed by atoms with E-state index in [1.54, 1.807) is 0 Å². The highest BCUT2D eigenvalue weighted by Crippen LogP contribution is 2.46. The summed E-state index contributed by atoms with van der Waals surface area (Å²) in [5.41, 5.74) is 11.5. The van der Waals surface area contributed by atoms with Gasteiger partial charge in [0.25, 0.3) is 0 Å². The van der Waals surface area contributed by atoms with Crippen LogP contribution < -0.4 is 0 Å². The molecule has 234 valence electrons. The molecule has 50 heavy (non-hydrogen) atoms. The fourth-order valence-corrected chi connectivity index (χ4v) is 8.11. The number of benzene rings is 7. The van der Waals surface area contributed by atoms with Gasteiger partial charge in [0.1, 0.15) is 6.07 Å². The minimum Gasteiger partial charge on any atom is -0.309 e. The summed E-state index contributed by atoms with van der Waals surface area (Å²) in [4.78, 5) is 4.36. The van der Waals surface area contributed by atoms with Gasteiger partial charge in [0.15, 0.2) is 0 Å². The van der Waals surface area contributed by atoms with Gasteiger partial charge in [0, 0.05) is 57.0 Å². The maximum absolute atomic E-state index is 10.2. The minimum atomic E-state index is 0.640. The maximum atomic E-state index is 10.2. The van der Waals surface area contributed by atoms with E-state index in [4.69, 9.17) is 0 Å². The molecule has 0 fully saturated rings. The third-order valence-electron chi connectivity index (χ3n) is 10.0. The first kappa shape index (κ1) is 28.1. The molecular weight excluding hydrogens is 611 g/mol. The summed E-state index contributed by atoms with van der Waals surface area (Å²) < 4.78 is 7.10. The SMILES string of the molecule is C/N=C\c1ccc2c(c1)c1c(ccc3c4ccc5c(c6ccccc6n5-c5ccccc5C#N)c4n(-c4ccccc4)c31)n2-c1ccccc1. The van der Waals surface area contributed by atoms with Crippen LogP contribution in [0.5, 0.6) is 0 Å². The number of aliphatic imine (C=N–C) groups is 1. The number of nitrogens with zero attached hydrogens (tertiary/aromatic N) is 5. The van der Waals surface area contributed by atoms with Crippen molar-refractivity contribution in [1.82, 2.24) is 13.7 Å². The largest absolute Gasteiger partial charge is 0.309 e. The Bertz CT molecular complexity index is 3040. The lowest BCUT2D eigenvalue weighted by Gasteiger charge is -2.11. The van der Waals surface area contributed by atoms with Gasteiger partial charge in [-0.3, -0.25) is 4.99 Å². The quantitative estimate of drug-likeness (QED) is 0.177. The number of fused-ring (bicyclic) bond motifs is 11. The Morgan fingerprint density at radius 2 is 1.06 bits per heavy atom. The van der Waals surface area contributed by atoms with Crippen molar-refractivity contribution in [3.63, 3.8) is 0 Å². The van der Waals surface area contributed by atoms with E-state index in [0.29, 0.717) is 5.56 Å². The van der Waals surface area contributed by atoms with E-state index in [2.05, 4.69) is 152 Å². The highest BCUT2D eigenvalue weighted by atomic mass is 15.0. The number of nitriles is 1. The molecule has 0 spiro atoms. The molecule has 0 saturated heterocycles. The fraction of sp³-hybridized carbons (Fsp3) is 0.0222. The molecule has 5 nitrogen and oxygen atoms in total. The molecule has 0 aliphatic rings. The molecule has 5 heteroatoms. The highest BCUT2D eigenvalue weighted by molar-refractivity contribution is 6.31. The Labute approximate surface area is 287 Å². The molecule has 0 unspecified atom stereocenters. The molecule has 3 aromatic heterocycles. The standard InChI is InChI=1S/C45H29N5/c1-47-28-29-20-23-39-36(26-29)43-40(48(39)31-13-4-2-5-14-31)24-21-34-33-22-25-41-42(44(33)49(45(34)43)32-15-6-3-7-16-32)35-17-9-11-19-38(35)50(41)37-18-10-8-12-30(37)27-46/h2-26,28H,1H3/b47-28-. The second kappa shape index (κ2) is 10.8. The molecule has 0 saturated carbocycles. The molecule has 0 aliphatic carbocycles. The van der Waals surface area contributed by atoms with Gasteiger partial charge in [0.05, 0.1) is 44.4 Å². The van der Waals surface area contributed by atoms with Crippen LogP contribution in [0, 0.1) is 11.3 Å². The van der Waals surface area contributed by atoms with Crippen LogP contribution >= 0.6 is 0 Å². The van der Waals surface area contributed by atoms with Crippen LogP contribution in [-0.2, 0) is 0 Å². The van der Waals surface area contributed by atoms with Gasteiger partial charge in [-0.05, 0) is 72.3 Å². The van der Waals surface area contributed by atoms with Crippen LogP contribution in [0.25, 0.3) is 82.5 Å². The summed E-state index contributed by atoms with van der Waals surface area (Å²) in [6.07, 6.45) is 1.93. The molecule has 0 aliphatic heterocycles.